The van der Waals surface area contributed by atoms with Crippen LogP contribution in [-0.2, 0) is 23.0 Å². The molecule has 10 heteroatoms. The lowest BCUT2D eigenvalue weighted by Gasteiger charge is -2.22. The zero-order chi connectivity index (χ0) is 29.5. The largest absolute Gasteiger partial charge is 0.337 e. The normalized spacial score (nSPS) is 15.1. The van der Waals surface area contributed by atoms with Crippen molar-refractivity contribution in [3.63, 3.8) is 0 Å². The van der Waals surface area contributed by atoms with Gasteiger partial charge in [-0.25, -0.2) is 8.42 Å². The summed E-state index contributed by atoms with van der Waals surface area (Å²) in [4.78, 5) is 21.8. The molecule has 4 aromatic rings. The van der Waals surface area contributed by atoms with E-state index < -0.39 is 10.0 Å². The maximum Gasteiger partial charge on any atom is 0.264 e. The number of sulfonamides is 1. The number of rotatable bonds is 9. The summed E-state index contributed by atoms with van der Waals surface area (Å²) >= 11 is 0. The minimum Gasteiger partial charge on any atom is -0.337 e. The van der Waals surface area contributed by atoms with Crippen molar-refractivity contribution in [2.75, 3.05) is 37.4 Å². The standard InChI is InChI=1S/C32H34N6O3S/c33-21-26(22-34)20-24-7-9-25(10-8-24)23-37-16-3-17-38(19-18-37)32(39)28-11-13-29(14-12-28)36-42(40,41)30-6-1-4-27-5-2-15-35-31(27)30/h1-2,4-15,26,36H,3,16-21,23,33H2. The number of carbonyl (C=O) groups is 1. The number of hydrogen-bond acceptors (Lipinski definition) is 7. The number of benzene rings is 3. The Bertz CT molecular complexity index is 1680. The topological polar surface area (TPSA) is 132 Å². The van der Waals surface area contributed by atoms with Crippen LogP contribution in [0.3, 0.4) is 0 Å². The molecular weight excluding hydrogens is 548 g/mol. The molecule has 1 unspecified atom stereocenters. The number of nitriles is 1. The highest BCUT2D eigenvalue weighted by Gasteiger charge is 2.22. The summed E-state index contributed by atoms with van der Waals surface area (Å²) in [5.74, 6) is -0.237. The average Bonchev–Trinajstić information content (AvgIpc) is 3.25. The number of fused-ring (bicyclic) bond motifs is 1. The molecule has 2 heterocycles. The molecule has 0 radical (unpaired) electrons. The highest BCUT2D eigenvalue weighted by Crippen LogP contribution is 2.24. The fourth-order valence-electron chi connectivity index (χ4n) is 5.20. The molecule has 3 aromatic carbocycles. The van der Waals surface area contributed by atoms with Gasteiger partial charge in [0.1, 0.15) is 4.90 Å². The number of nitrogens with two attached hydrogens (primary N) is 1. The highest BCUT2D eigenvalue weighted by molar-refractivity contribution is 7.93. The number of anilines is 1. The van der Waals surface area contributed by atoms with Crippen LogP contribution in [0, 0.1) is 17.2 Å². The van der Waals surface area contributed by atoms with Crippen molar-refractivity contribution < 1.29 is 13.2 Å². The quantitative estimate of drug-likeness (QED) is 0.305. The number of aromatic nitrogens is 1. The van der Waals surface area contributed by atoms with Gasteiger partial charge in [-0.05, 0) is 60.4 Å². The van der Waals surface area contributed by atoms with E-state index in [1.807, 2.05) is 17.0 Å². The zero-order valence-electron chi connectivity index (χ0n) is 23.3. The molecule has 0 bridgehead atoms. The molecule has 5 rings (SSSR count). The maximum absolute atomic E-state index is 13.3. The Morgan fingerprint density at radius 1 is 0.952 bits per heavy atom. The van der Waals surface area contributed by atoms with E-state index in [0.29, 0.717) is 42.8 Å². The van der Waals surface area contributed by atoms with Crippen LogP contribution < -0.4 is 10.5 Å². The molecule has 42 heavy (non-hydrogen) atoms. The molecule has 9 nitrogen and oxygen atoms in total. The monoisotopic (exact) mass is 582 g/mol. The molecule has 1 aromatic heterocycles. The summed E-state index contributed by atoms with van der Waals surface area (Å²) in [5, 5.41) is 9.89. The molecule has 1 atom stereocenters. The van der Waals surface area contributed by atoms with Crippen LogP contribution in [0.5, 0.6) is 0 Å². The summed E-state index contributed by atoms with van der Waals surface area (Å²) in [6, 6.07) is 25.7. The van der Waals surface area contributed by atoms with Gasteiger partial charge in [0, 0.05) is 62.1 Å². The third-order valence-corrected chi connectivity index (χ3v) is 8.94. The van der Waals surface area contributed by atoms with Gasteiger partial charge in [-0.2, -0.15) is 5.26 Å². The van der Waals surface area contributed by atoms with Crippen molar-refractivity contribution in [2.45, 2.75) is 24.3 Å². The molecule has 3 N–H and O–H groups in total. The predicted octanol–water partition coefficient (Wildman–Crippen LogP) is 4.02. The second-order valence-electron chi connectivity index (χ2n) is 10.5. The Morgan fingerprint density at radius 3 is 2.43 bits per heavy atom. The van der Waals surface area contributed by atoms with Gasteiger partial charge in [0.05, 0.1) is 17.5 Å². The Hall–Kier alpha value is -4.30. The number of para-hydroxylation sites is 1. The van der Waals surface area contributed by atoms with Crippen molar-refractivity contribution in [3.05, 3.63) is 102 Å². The fraction of sp³-hybridized carbons (Fsp3) is 0.281. The van der Waals surface area contributed by atoms with Crippen LogP contribution >= 0.6 is 0 Å². The van der Waals surface area contributed by atoms with E-state index in [1.165, 1.54) is 11.6 Å². The van der Waals surface area contributed by atoms with Crippen molar-refractivity contribution in [3.8, 4) is 6.07 Å². The first-order chi connectivity index (χ1) is 20.4. The molecule has 0 saturated carbocycles. The number of amides is 1. The smallest absolute Gasteiger partial charge is 0.264 e. The lowest BCUT2D eigenvalue weighted by molar-refractivity contribution is 0.0761. The fourth-order valence-corrected chi connectivity index (χ4v) is 6.44. The van der Waals surface area contributed by atoms with Gasteiger partial charge in [-0.1, -0.05) is 42.5 Å². The molecule has 0 aliphatic carbocycles. The van der Waals surface area contributed by atoms with E-state index in [1.54, 1.807) is 42.6 Å². The maximum atomic E-state index is 13.3. The van der Waals surface area contributed by atoms with E-state index in [-0.39, 0.29) is 16.7 Å². The summed E-state index contributed by atoms with van der Waals surface area (Å²) in [7, 11) is -3.87. The van der Waals surface area contributed by atoms with Crippen LogP contribution in [0.2, 0.25) is 0 Å². The van der Waals surface area contributed by atoms with Gasteiger partial charge < -0.3 is 10.6 Å². The van der Waals surface area contributed by atoms with E-state index in [4.69, 9.17) is 11.0 Å². The molecule has 1 aliphatic rings. The number of hydrogen-bond donors (Lipinski definition) is 2. The Kier molecular flexibility index (Phi) is 9.12. The molecule has 0 spiro atoms. The molecule has 216 valence electrons. The Labute approximate surface area is 246 Å². The zero-order valence-corrected chi connectivity index (χ0v) is 24.1. The molecule has 1 amide bonds. The molecule has 1 aliphatic heterocycles. The molecule has 1 fully saturated rings. The number of nitrogens with one attached hydrogen (secondary N) is 1. The predicted molar refractivity (Wildman–Crippen MR) is 163 cm³/mol. The van der Waals surface area contributed by atoms with Crippen LogP contribution in [0.15, 0.2) is 90.0 Å². The first-order valence-corrected chi connectivity index (χ1v) is 15.5. The SMILES string of the molecule is N#CC(CN)Cc1ccc(CN2CCCN(C(=O)c3ccc(NS(=O)(=O)c4cccc5cccnc45)cc3)CC2)cc1. The van der Waals surface area contributed by atoms with Crippen LogP contribution in [0.25, 0.3) is 10.9 Å². The van der Waals surface area contributed by atoms with Gasteiger partial charge in [-0.15, -0.1) is 0 Å². The van der Waals surface area contributed by atoms with Crippen molar-refractivity contribution >= 4 is 32.5 Å². The van der Waals surface area contributed by atoms with Crippen molar-refractivity contribution in [1.29, 1.82) is 5.26 Å². The third kappa shape index (κ3) is 6.94. The first-order valence-electron chi connectivity index (χ1n) is 14.0. The van der Waals surface area contributed by atoms with Gasteiger partial charge >= 0.3 is 0 Å². The number of carbonyl (C=O) groups excluding carboxylic acids is 1. The minimum atomic E-state index is -3.87. The van der Waals surface area contributed by atoms with E-state index in [0.717, 1.165) is 37.0 Å². The Balaban J connectivity index is 1.17. The van der Waals surface area contributed by atoms with Crippen LogP contribution in [0.1, 0.15) is 27.9 Å². The lowest BCUT2D eigenvalue weighted by atomic mass is 10.00. The van der Waals surface area contributed by atoms with Gasteiger partial charge in [-0.3, -0.25) is 19.4 Å². The van der Waals surface area contributed by atoms with Gasteiger partial charge in [0.2, 0.25) is 0 Å². The van der Waals surface area contributed by atoms with Crippen LogP contribution in [0.4, 0.5) is 5.69 Å². The number of nitrogens with zero attached hydrogens (tertiary/aromatic N) is 4. The van der Waals surface area contributed by atoms with Crippen LogP contribution in [-0.4, -0.2) is 61.8 Å². The summed E-state index contributed by atoms with van der Waals surface area (Å²) in [5.41, 5.74) is 9.24. The third-order valence-electron chi connectivity index (χ3n) is 7.52. The van der Waals surface area contributed by atoms with E-state index in [2.05, 4.69) is 44.9 Å². The lowest BCUT2D eigenvalue weighted by Crippen LogP contribution is -2.35. The van der Waals surface area contributed by atoms with Crippen molar-refractivity contribution in [1.82, 2.24) is 14.8 Å². The summed E-state index contributed by atoms with van der Waals surface area (Å²) in [6.07, 6.45) is 3.09. The van der Waals surface area contributed by atoms with E-state index in [9.17, 15) is 13.2 Å². The number of pyridine rings is 1. The van der Waals surface area contributed by atoms with Crippen molar-refractivity contribution in [2.24, 2.45) is 11.7 Å². The molecular formula is C32H34N6O3S. The van der Waals surface area contributed by atoms with Gasteiger partial charge in [0.25, 0.3) is 15.9 Å². The van der Waals surface area contributed by atoms with Gasteiger partial charge in [0.15, 0.2) is 0 Å². The first kappa shape index (κ1) is 29.2. The highest BCUT2D eigenvalue weighted by atomic mass is 32.2. The minimum absolute atomic E-state index is 0.0687. The van der Waals surface area contributed by atoms with E-state index >= 15 is 0 Å². The summed E-state index contributed by atoms with van der Waals surface area (Å²) < 4.78 is 28.8. The molecule has 1 saturated heterocycles. The second-order valence-corrected chi connectivity index (χ2v) is 12.2. The Morgan fingerprint density at radius 2 is 1.69 bits per heavy atom. The average molecular weight is 583 g/mol. The second kappa shape index (κ2) is 13.1. The summed E-state index contributed by atoms with van der Waals surface area (Å²) in [6.45, 7) is 4.06.